The number of H-pyrrole nitrogens is 1. The molecular formula is C10H5BrClN3O4. The molecule has 2 rings (SSSR count). The highest BCUT2D eigenvalue weighted by molar-refractivity contribution is 9.10. The lowest BCUT2D eigenvalue weighted by atomic mass is 10.3. The molecule has 0 fully saturated rings. The fourth-order valence-corrected chi connectivity index (χ4v) is 1.86. The summed E-state index contributed by atoms with van der Waals surface area (Å²) in [4.78, 5) is 27.4. The first kappa shape index (κ1) is 13.5. The molecule has 0 saturated heterocycles. The quantitative estimate of drug-likeness (QED) is 0.680. The third-order valence-electron chi connectivity index (χ3n) is 2.05. The first-order valence-electron chi connectivity index (χ1n) is 4.83. The number of hydrogen-bond acceptors (Lipinski definition) is 5. The Morgan fingerprint density at radius 2 is 2.16 bits per heavy atom. The van der Waals surface area contributed by atoms with Crippen molar-refractivity contribution in [1.29, 1.82) is 0 Å². The van der Waals surface area contributed by atoms with Crippen molar-refractivity contribution in [3.63, 3.8) is 0 Å². The monoisotopic (exact) mass is 345 g/mol. The minimum Gasteiger partial charge on any atom is -0.437 e. The third kappa shape index (κ3) is 3.09. The lowest BCUT2D eigenvalue weighted by Gasteiger charge is -2.05. The van der Waals surface area contributed by atoms with Crippen molar-refractivity contribution in [2.75, 3.05) is 0 Å². The molecule has 2 aromatic rings. The second-order valence-electron chi connectivity index (χ2n) is 3.36. The van der Waals surface area contributed by atoms with Crippen LogP contribution in [-0.4, -0.2) is 14.9 Å². The van der Waals surface area contributed by atoms with Crippen molar-refractivity contribution in [3.05, 3.63) is 54.5 Å². The van der Waals surface area contributed by atoms with Crippen molar-refractivity contribution in [2.24, 2.45) is 0 Å². The Kier molecular flexibility index (Phi) is 3.82. The van der Waals surface area contributed by atoms with Crippen LogP contribution in [0.2, 0.25) is 5.02 Å². The van der Waals surface area contributed by atoms with Gasteiger partial charge in [-0.2, -0.15) is 0 Å². The fourth-order valence-electron chi connectivity index (χ4n) is 1.26. The van der Waals surface area contributed by atoms with Crippen LogP contribution in [0.5, 0.6) is 11.6 Å². The Bertz CT molecular complexity index is 703. The van der Waals surface area contributed by atoms with E-state index in [4.69, 9.17) is 16.3 Å². The van der Waals surface area contributed by atoms with E-state index in [0.29, 0.717) is 4.47 Å². The summed E-state index contributed by atoms with van der Waals surface area (Å²) in [5, 5.41) is 10.5. The number of rotatable bonds is 3. The molecule has 0 bridgehead atoms. The molecular weight excluding hydrogens is 341 g/mol. The molecule has 0 amide bonds. The Morgan fingerprint density at radius 1 is 1.42 bits per heavy atom. The van der Waals surface area contributed by atoms with Crippen molar-refractivity contribution in [2.45, 2.75) is 0 Å². The molecule has 0 saturated carbocycles. The molecule has 0 aliphatic carbocycles. The van der Waals surface area contributed by atoms with Gasteiger partial charge in [0.15, 0.2) is 5.02 Å². The number of non-ortho nitro benzene ring substituents is 1. The molecule has 0 atom stereocenters. The Hall–Kier alpha value is -1.93. The van der Waals surface area contributed by atoms with Gasteiger partial charge in [-0.1, -0.05) is 27.5 Å². The molecule has 1 aromatic heterocycles. The van der Waals surface area contributed by atoms with Crippen LogP contribution in [0, 0.1) is 10.1 Å². The summed E-state index contributed by atoms with van der Waals surface area (Å²) in [6.07, 6.45) is 1.12. The maximum absolute atomic E-state index is 11.2. The minimum atomic E-state index is -0.565. The largest absolute Gasteiger partial charge is 0.437 e. The van der Waals surface area contributed by atoms with Gasteiger partial charge in [0, 0.05) is 10.5 Å². The van der Waals surface area contributed by atoms with E-state index < -0.39 is 10.5 Å². The Labute approximate surface area is 119 Å². The minimum absolute atomic E-state index is 0.127. The molecule has 98 valence electrons. The molecule has 1 heterocycles. The van der Waals surface area contributed by atoms with Gasteiger partial charge in [-0.25, -0.2) is 4.98 Å². The van der Waals surface area contributed by atoms with Crippen molar-refractivity contribution >= 4 is 33.2 Å². The van der Waals surface area contributed by atoms with E-state index in [0.717, 1.165) is 6.33 Å². The van der Waals surface area contributed by atoms with Gasteiger partial charge in [0.25, 0.3) is 11.2 Å². The van der Waals surface area contributed by atoms with Crippen molar-refractivity contribution in [1.82, 2.24) is 9.97 Å². The molecule has 9 heteroatoms. The molecule has 0 radical (unpaired) electrons. The van der Waals surface area contributed by atoms with Gasteiger partial charge < -0.3 is 9.72 Å². The number of aromatic amines is 1. The summed E-state index contributed by atoms with van der Waals surface area (Å²) in [5.41, 5.74) is -0.721. The zero-order chi connectivity index (χ0) is 14.0. The maximum atomic E-state index is 11.2. The maximum Gasteiger partial charge on any atom is 0.274 e. The van der Waals surface area contributed by atoms with E-state index in [1.165, 1.54) is 18.2 Å². The highest BCUT2D eigenvalue weighted by Crippen LogP contribution is 2.30. The molecule has 0 aliphatic heterocycles. The summed E-state index contributed by atoms with van der Waals surface area (Å²) < 4.78 is 5.72. The third-order valence-corrected chi connectivity index (χ3v) is 2.84. The normalized spacial score (nSPS) is 10.2. The SMILES string of the molecule is O=c1[nH]cnc(Oc2cc(Br)cc([N+](=O)[O-])c2)c1Cl. The van der Waals surface area contributed by atoms with Gasteiger partial charge in [0.1, 0.15) is 5.75 Å². The van der Waals surface area contributed by atoms with Gasteiger partial charge in [-0.05, 0) is 6.07 Å². The molecule has 0 aliphatic rings. The number of ether oxygens (including phenoxy) is 1. The van der Waals surface area contributed by atoms with E-state index in [1.807, 2.05) is 0 Å². The van der Waals surface area contributed by atoms with Crippen LogP contribution >= 0.6 is 27.5 Å². The average molecular weight is 347 g/mol. The van der Waals surface area contributed by atoms with Crippen LogP contribution in [-0.2, 0) is 0 Å². The van der Waals surface area contributed by atoms with Crippen LogP contribution in [0.4, 0.5) is 5.69 Å². The molecule has 1 aromatic carbocycles. The highest BCUT2D eigenvalue weighted by Gasteiger charge is 2.13. The summed E-state index contributed by atoms with van der Waals surface area (Å²) in [6, 6.07) is 4.01. The first-order chi connectivity index (χ1) is 8.97. The summed E-state index contributed by atoms with van der Waals surface area (Å²) >= 11 is 8.83. The standard InChI is InChI=1S/C10H5BrClN3O4/c11-5-1-6(15(17)18)3-7(2-5)19-10-8(12)9(16)13-4-14-10/h1-4H,(H,13,14,16). The van der Waals surface area contributed by atoms with E-state index in [2.05, 4.69) is 25.9 Å². The highest BCUT2D eigenvalue weighted by atomic mass is 79.9. The van der Waals surface area contributed by atoms with Crippen molar-refractivity contribution < 1.29 is 9.66 Å². The number of nitro groups is 1. The zero-order valence-corrected chi connectivity index (χ0v) is 11.4. The predicted octanol–water partition coefficient (Wildman–Crippen LogP) is 2.89. The number of benzene rings is 1. The molecule has 1 N–H and O–H groups in total. The zero-order valence-electron chi connectivity index (χ0n) is 9.09. The molecule has 0 unspecified atom stereocenters. The van der Waals surface area contributed by atoms with Gasteiger partial charge >= 0.3 is 0 Å². The molecule has 0 spiro atoms. The van der Waals surface area contributed by atoms with Crippen molar-refractivity contribution in [3.8, 4) is 11.6 Å². The number of halogens is 2. The van der Waals surface area contributed by atoms with Crippen LogP contribution in [0.3, 0.4) is 0 Å². The summed E-state index contributed by atoms with van der Waals surface area (Å²) in [5.74, 6) is 0.0129. The van der Waals surface area contributed by atoms with Crippen LogP contribution in [0.1, 0.15) is 0 Å². The van der Waals surface area contributed by atoms with Gasteiger partial charge in [-0.3, -0.25) is 14.9 Å². The van der Waals surface area contributed by atoms with E-state index in [1.54, 1.807) is 0 Å². The van der Waals surface area contributed by atoms with E-state index in [-0.39, 0.29) is 22.3 Å². The van der Waals surface area contributed by atoms with E-state index >= 15 is 0 Å². The summed E-state index contributed by atoms with van der Waals surface area (Å²) in [7, 11) is 0. The topological polar surface area (TPSA) is 98.1 Å². The predicted molar refractivity (Wildman–Crippen MR) is 70.7 cm³/mol. The van der Waals surface area contributed by atoms with Crippen LogP contribution in [0.15, 0.2) is 33.8 Å². The number of nitro benzene ring substituents is 1. The number of hydrogen-bond donors (Lipinski definition) is 1. The first-order valence-corrected chi connectivity index (χ1v) is 6.00. The molecule has 7 nitrogen and oxygen atoms in total. The second-order valence-corrected chi connectivity index (χ2v) is 4.65. The fraction of sp³-hybridized carbons (Fsp3) is 0. The van der Waals surface area contributed by atoms with E-state index in [9.17, 15) is 14.9 Å². The van der Waals surface area contributed by atoms with Crippen LogP contribution < -0.4 is 10.3 Å². The number of nitrogens with zero attached hydrogens (tertiary/aromatic N) is 2. The Balaban J connectivity index is 2.41. The van der Waals surface area contributed by atoms with Gasteiger partial charge in [0.2, 0.25) is 5.88 Å². The summed E-state index contributed by atoms with van der Waals surface area (Å²) in [6.45, 7) is 0. The van der Waals surface area contributed by atoms with Gasteiger partial charge in [-0.15, -0.1) is 0 Å². The van der Waals surface area contributed by atoms with Crippen LogP contribution in [0.25, 0.3) is 0 Å². The number of aromatic nitrogens is 2. The van der Waals surface area contributed by atoms with Gasteiger partial charge in [0.05, 0.1) is 17.3 Å². The second kappa shape index (κ2) is 5.37. The molecule has 19 heavy (non-hydrogen) atoms. The lowest BCUT2D eigenvalue weighted by molar-refractivity contribution is -0.385. The average Bonchev–Trinajstić information content (AvgIpc) is 2.34. The Morgan fingerprint density at radius 3 is 2.84 bits per heavy atom. The smallest absolute Gasteiger partial charge is 0.274 e. The number of nitrogens with one attached hydrogen (secondary N) is 1. The lowest BCUT2D eigenvalue weighted by Crippen LogP contribution is -2.07.